The lowest BCUT2D eigenvalue weighted by Gasteiger charge is -2.12. The van der Waals surface area contributed by atoms with Crippen LogP contribution in [0.15, 0.2) is 54.9 Å². The molecule has 4 rings (SSSR count). The number of aromatic nitrogens is 4. The lowest BCUT2D eigenvalue weighted by molar-refractivity contribution is 0.0679. The Morgan fingerprint density at radius 1 is 1.19 bits per heavy atom. The fourth-order valence-corrected chi connectivity index (χ4v) is 2.85. The molecule has 1 aliphatic heterocycles. The molecular weight excluding hydrogens is 346 g/mol. The van der Waals surface area contributed by atoms with Crippen LogP contribution in [0.2, 0.25) is 0 Å². The van der Waals surface area contributed by atoms with Crippen molar-refractivity contribution in [2.45, 2.75) is 18.9 Å². The van der Waals surface area contributed by atoms with Gasteiger partial charge in [-0.25, -0.2) is 4.68 Å². The van der Waals surface area contributed by atoms with E-state index in [9.17, 15) is 4.79 Å². The number of ether oxygens (including phenoxy) is 2. The Hall–Kier alpha value is -3.26. The first-order chi connectivity index (χ1) is 13.3. The summed E-state index contributed by atoms with van der Waals surface area (Å²) in [6, 6.07) is 14.3. The van der Waals surface area contributed by atoms with Gasteiger partial charge in [-0.05, 0) is 71.8 Å². The van der Waals surface area contributed by atoms with Gasteiger partial charge in [0.1, 0.15) is 18.7 Å². The molecule has 0 saturated carbocycles. The second-order valence-corrected chi connectivity index (χ2v) is 6.23. The summed E-state index contributed by atoms with van der Waals surface area (Å²) < 4.78 is 12.8. The van der Waals surface area contributed by atoms with Crippen LogP contribution >= 0.6 is 0 Å². The first kappa shape index (κ1) is 17.2. The highest BCUT2D eigenvalue weighted by molar-refractivity contribution is 6.04. The van der Waals surface area contributed by atoms with E-state index in [0.717, 1.165) is 30.9 Å². The van der Waals surface area contributed by atoms with Crippen molar-refractivity contribution in [1.29, 1.82) is 0 Å². The second-order valence-electron chi connectivity index (χ2n) is 6.23. The number of nitrogens with zero attached hydrogens (tertiary/aromatic N) is 4. The fraction of sp³-hybridized carbons (Fsp3) is 0.263. The van der Waals surface area contributed by atoms with Crippen LogP contribution in [-0.2, 0) is 4.74 Å². The van der Waals surface area contributed by atoms with Gasteiger partial charge in [-0.15, -0.1) is 5.10 Å². The molecule has 138 valence electrons. The lowest BCUT2D eigenvalue weighted by atomic mass is 10.2. The third kappa shape index (κ3) is 4.29. The van der Waals surface area contributed by atoms with E-state index < -0.39 is 0 Å². The highest BCUT2D eigenvalue weighted by Crippen LogP contribution is 2.18. The Bertz CT molecular complexity index is 873. The molecule has 1 N–H and O–H groups in total. The van der Waals surface area contributed by atoms with Crippen molar-refractivity contribution in [2.75, 3.05) is 18.5 Å². The molecule has 0 radical (unpaired) electrons. The van der Waals surface area contributed by atoms with Crippen molar-refractivity contribution < 1.29 is 14.3 Å². The molecule has 0 bridgehead atoms. The van der Waals surface area contributed by atoms with Crippen molar-refractivity contribution >= 4 is 11.6 Å². The summed E-state index contributed by atoms with van der Waals surface area (Å²) >= 11 is 0. The quantitative estimate of drug-likeness (QED) is 0.722. The summed E-state index contributed by atoms with van der Waals surface area (Å²) in [5, 5.41) is 13.9. The van der Waals surface area contributed by atoms with E-state index in [0.29, 0.717) is 17.9 Å². The molecule has 1 atom stereocenters. The van der Waals surface area contributed by atoms with Crippen LogP contribution in [0.5, 0.6) is 5.75 Å². The molecule has 1 saturated heterocycles. The Morgan fingerprint density at radius 2 is 2.00 bits per heavy atom. The van der Waals surface area contributed by atoms with Gasteiger partial charge in [-0.1, -0.05) is 0 Å². The summed E-state index contributed by atoms with van der Waals surface area (Å²) in [5.74, 6) is 0.545. The van der Waals surface area contributed by atoms with Gasteiger partial charge in [0, 0.05) is 17.9 Å². The summed E-state index contributed by atoms with van der Waals surface area (Å²) in [6.45, 7) is 1.35. The number of anilines is 1. The maximum atomic E-state index is 12.4. The number of hydrogen-bond donors (Lipinski definition) is 1. The van der Waals surface area contributed by atoms with Crippen LogP contribution in [0.1, 0.15) is 23.2 Å². The van der Waals surface area contributed by atoms with E-state index in [1.54, 1.807) is 41.1 Å². The topological polar surface area (TPSA) is 91.2 Å². The van der Waals surface area contributed by atoms with Crippen molar-refractivity contribution in [3.63, 3.8) is 0 Å². The predicted molar refractivity (Wildman–Crippen MR) is 98.0 cm³/mol. The number of benzene rings is 2. The van der Waals surface area contributed by atoms with Crippen LogP contribution in [0.4, 0.5) is 5.69 Å². The minimum Gasteiger partial charge on any atom is -0.491 e. The Morgan fingerprint density at radius 3 is 2.67 bits per heavy atom. The van der Waals surface area contributed by atoms with Gasteiger partial charge >= 0.3 is 0 Å². The molecule has 1 aliphatic rings. The van der Waals surface area contributed by atoms with E-state index in [1.807, 2.05) is 12.1 Å². The van der Waals surface area contributed by atoms with Crippen molar-refractivity contribution in [1.82, 2.24) is 20.2 Å². The highest BCUT2D eigenvalue weighted by atomic mass is 16.5. The van der Waals surface area contributed by atoms with E-state index in [-0.39, 0.29) is 12.0 Å². The largest absolute Gasteiger partial charge is 0.491 e. The molecule has 1 fully saturated rings. The molecule has 2 aromatic carbocycles. The van der Waals surface area contributed by atoms with E-state index in [1.165, 1.54) is 6.33 Å². The Balaban J connectivity index is 1.33. The van der Waals surface area contributed by atoms with Gasteiger partial charge in [0.15, 0.2) is 0 Å². The molecule has 2 heterocycles. The highest BCUT2D eigenvalue weighted by Gasteiger charge is 2.16. The van der Waals surface area contributed by atoms with Crippen LogP contribution in [0, 0.1) is 0 Å². The number of amides is 1. The van der Waals surface area contributed by atoms with Crippen LogP contribution in [0.25, 0.3) is 5.69 Å². The van der Waals surface area contributed by atoms with Crippen LogP contribution < -0.4 is 10.1 Å². The molecular formula is C19H19N5O3. The minimum absolute atomic E-state index is 0.171. The number of carbonyl (C=O) groups is 1. The van der Waals surface area contributed by atoms with Crippen molar-refractivity contribution in [2.24, 2.45) is 0 Å². The summed E-state index contributed by atoms with van der Waals surface area (Å²) in [6.07, 6.45) is 3.80. The first-order valence-electron chi connectivity index (χ1n) is 8.77. The van der Waals surface area contributed by atoms with Gasteiger partial charge in [0.2, 0.25) is 0 Å². The fourth-order valence-electron chi connectivity index (χ4n) is 2.85. The number of carbonyl (C=O) groups excluding carboxylic acids is 1. The van der Waals surface area contributed by atoms with Crippen LogP contribution in [-0.4, -0.2) is 45.4 Å². The molecule has 0 spiro atoms. The van der Waals surface area contributed by atoms with Gasteiger partial charge in [-0.2, -0.15) is 0 Å². The standard InChI is InChI=1S/C19H19N5O3/c25-19(21-15-5-7-16(8-6-15)24-13-20-22-23-24)14-3-9-17(10-4-14)27-12-18-2-1-11-26-18/h3-10,13,18H,1-2,11-12H2,(H,21,25). The van der Waals surface area contributed by atoms with E-state index >= 15 is 0 Å². The molecule has 0 aliphatic carbocycles. The maximum Gasteiger partial charge on any atom is 0.255 e. The van der Waals surface area contributed by atoms with Crippen molar-refractivity contribution in [3.8, 4) is 11.4 Å². The monoisotopic (exact) mass is 365 g/mol. The Kier molecular flexibility index (Phi) is 5.06. The smallest absolute Gasteiger partial charge is 0.255 e. The molecule has 27 heavy (non-hydrogen) atoms. The van der Waals surface area contributed by atoms with Crippen LogP contribution in [0.3, 0.4) is 0 Å². The predicted octanol–water partition coefficient (Wildman–Crippen LogP) is 2.47. The van der Waals surface area contributed by atoms with Crippen molar-refractivity contribution in [3.05, 3.63) is 60.4 Å². The van der Waals surface area contributed by atoms with Gasteiger partial charge < -0.3 is 14.8 Å². The molecule has 1 aromatic heterocycles. The average molecular weight is 365 g/mol. The first-order valence-corrected chi connectivity index (χ1v) is 8.77. The third-order valence-electron chi connectivity index (χ3n) is 4.32. The minimum atomic E-state index is -0.184. The summed E-state index contributed by atoms with van der Waals surface area (Å²) in [5.41, 5.74) is 2.06. The second kappa shape index (κ2) is 7.96. The Labute approximate surface area is 156 Å². The molecule has 8 nitrogen and oxygen atoms in total. The number of hydrogen-bond acceptors (Lipinski definition) is 6. The number of rotatable bonds is 6. The molecule has 3 aromatic rings. The zero-order chi connectivity index (χ0) is 18.5. The molecule has 8 heteroatoms. The molecule has 1 amide bonds. The average Bonchev–Trinajstić information content (AvgIpc) is 3.41. The lowest BCUT2D eigenvalue weighted by Crippen LogP contribution is -2.16. The van der Waals surface area contributed by atoms with Gasteiger partial charge in [0.25, 0.3) is 5.91 Å². The number of tetrazole rings is 1. The summed E-state index contributed by atoms with van der Waals surface area (Å²) in [4.78, 5) is 12.4. The zero-order valence-corrected chi connectivity index (χ0v) is 14.6. The zero-order valence-electron chi connectivity index (χ0n) is 14.6. The SMILES string of the molecule is O=C(Nc1ccc(-n2cnnn2)cc1)c1ccc(OCC2CCCO2)cc1. The summed E-state index contributed by atoms with van der Waals surface area (Å²) in [7, 11) is 0. The van der Waals surface area contributed by atoms with E-state index in [4.69, 9.17) is 9.47 Å². The van der Waals surface area contributed by atoms with E-state index in [2.05, 4.69) is 20.8 Å². The van der Waals surface area contributed by atoms with Gasteiger partial charge in [0.05, 0.1) is 11.8 Å². The third-order valence-corrected chi connectivity index (χ3v) is 4.32. The number of nitrogens with one attached hydrogen (secondary N) is 1. The normalized spacial score (nSPS) is 16.2. The molecule has 1 unspecified atom stereocenters. The van der Waals surface area contributed by atoms with Gasteiger partial charge in [-0.3, -0.25) is 4.79 Å². The maximum absolute atomic E-state index is 12.4.